The van der Waals surface area contributed by atoms with Gasteiger partial charge < -0.3 is 4.74 Å². The second-order valence-corrected chi connectivity index (χ2v) is 10.1. The minimum absolute atomic E-state index is 0.0350. The Balaban J connectivity index is 1.48. The standard InChI is InChI=1S/C30H33N3O4S/c1-4-5-11-28-29(25-9-7-6-8-10-25)23(3)33(31-28)26-16-14-24(15-17-26)20-21-32(38(35)36)30(34)37-27-18-12-22(2)13-19-27/h6-10,12-19H,4-5,11,20-21H2,1-3H3,(H,35,36). The van der Waals surface area contributed by atoms with Crippen molar-refractivity contribution in [3.63, 3.8) is 0 Å². The Hall–Kier alpha value is -3.75. The van der Waals surface area contributed by atoms with Crippen LogP contribution in [0.4, 0.5) is 4.79 Å². The minimum atomic E-state index is -2.50. The predicted molar refractivity (Wildman–Crippen MR) is 151 cm³/mol. The first-order chi connectivity index (χ1) is 18.4. The summed E-state index contributed by atoms with van der Waals surface area (Å²) in [5.74, 6) is 0.322. The first kappa shape index (κ1) is 27.3. The van der Waals surface area contributed by atoms with Gasteiger partial charge in [0, 0.05) is 17.8 Å². The van der Waals surface area contributed by atoms with Crippen molar-refractivity contribution in [1.29, 1.82) is 0 Å². The first-order valence-electron chi connectivity index (χ1n) is 12.8. The number of hydrogen-bond donors (Lipinski definition) is 1. The number of unbranched alkanes of at least 4 members (excludes halogenated alkanes) is 1. The van der Waals surface area contributed by atoms with Crippen LogP contribution in [0.2, 0.25) is 0 Å². The van der Waals surface area contributed by atoms with E-state index >= 15 is 0 Å². The normalized spacial score (nSPS) is 11.8. The van der Waals surface area contributed by atoms with Gasteiger partial charge in [0.05, 0.1) is 11.4 Å². The second kappa shape index (κ2) is 12.7. The number of rotatable bonds is 10. The molecule has 4 aromatic rings. The van der Waals surface area contributed by atoms with Crippen molar-refractivity contribution >= 4 is 17.4 Å². The van der Waals surface area contributed by atoms with E-state index in [4.69, 9.17) is 9.84 Å². The number of carbonyl (C=O) groups is 1. The molecular weight excluding hydrogens is 498 g/mol. The zero-order chi connectivity index (χ0) is 27.1. The summed E-state index contributed by atoms with van der Waals surface area (Å²) in [6, 6.07) is 25.1. The van der Waals surface area contributed by atoms with Gasteiger partial charge >= 0.3 is 6.09 Å². The molecule has 4 rings (SSSR count). The highest BCUT2D eigenvalue weighted by Crippen LogP contribution is 2.30. The molecule has 0 spiro atoms. The van der Waals surface area contributed by atoms with Crippen LogP contribution in [0.5, 0.6) is 5.75 Å². The molecule has 1 N–H and O–H groups in total. The van der Waals surface area contributed by atoms with E-state index in [-0.39, 0.29) is 6.54 Å². The third-order valence-corrected chi connectivity index (χ3v) is 7.13. The Morgan fingerprint density at radius 3 is 2.29 bits per heavy atom. The lowest BCUT2D eigenvalue weighted by molar-refractivity contribution is 0.178. The fourth-order valence-corrected chi connectivity index (χ4v) is 4.75. The number of aromatic nitrogens is 2. The lowest BCUT2D eigenvalue weighted by atomic mass is 10.0. The van der Waals surface area contributed by atoms with E-state index in [2.05, 4.69) is 26.0 Å². The molecule has 198 valence electrons. The molecule has 1 heterocycles. The monoisotopic (exact) mass is 531 g/mol. The summed E-state index contributed by atoms with van der Waals surface area (Å²) in [6.45, 7) is 6.23. The van der Waals surface area contributed by atoms with Crippen LogP contribution >= 0.6 is 0 Å². The van der Waals surface area contributed by atoms with Gasteiger partial charge in [0.25, 0.3) is 11.3 Å². The van der Waals surface area contributed by atoms with Crippen LogP contribution in [0, 0.1) is 13.8 Å². The molecule has 1 aromatic heterocycles. The highest BCUT2D eigenvalue weighted by Gasteiger charge is 2.22. The summed E-state index contributed by atoms with van der Waals surface area (Å²) in [5, 5.41) is 4.96. The van der Waals surface area contributed by atoms with Gasteiger partial charge in [-0.3, -0.25) is 4.55 Å². The summed E-state index contributed by atoms with van der Waals surface area (Å²) in [7, 11) is 0. The van der Waals surface area contributed by atoms with Crippen LogP contribution in [0.15, 0.2) is 78.9 Å². The Kier molecular flexibility index (Phi) is 9.10. The Morgan fingerprint density at radius 1 is 0.974 bits per heavy atom. The van der Waals surface area contributed by atoms with Crippen molar-refractivity contribution in [2.75, 3.05) is 6.54 Å². The molecule has 0 aliphatic heterocycles. The van der Waals surface area contributed by atoms with E-state index in [1.54, 1.807) is 24.3 Å². The SMILES string of the molecule is CCCCc1nn(-c2ccc(CCN(C(=O)Oc3ccc(C)cc3)S(=O)O)cc2)c(C)c1-c1ccccc1. The summed E-state index contributed by atoms with van der Waals surface area (Å²) in [6.07, 6.45) is 2.61. The molecule has 0 fully saturated rings. The average molecular weight is 532 g/mol. The average Bonchev–Trinajstić information content (AvgIpc) is 3.25. The van der Waals surface area contributed by atoms with Gasteiger partial charge in [0.15, 0.2) is 0 Å². The molecule has 7 nitrogen and oxygen atoms in total. The van der Waals surface area contributed by atoms with Crippen LogP contribution < -0.4 is 4.74 Å². The molecule has 0 bridgehead atoms. The molecule has 1 amide bonds. The van der Waals surface area contributed by atoms with Crippen LogP contribution in [0.3, 0.4) is 0 Å². The van der Waals surface area contributed by atoms with E-state index in [1.165, 1.54) is 5.56 Å². The van der Waals surface area contributed by atoms with Crippen molar-refractivity contribution in [1.82, 2.24) is 14.1 Å². The lowest BCUT2D eigenvalue weighted by Gasteiger charge is -2.17. The first-order valence-corrected chi connectivity index (χ1v) is 13.8. The third-order valence-electron chi connectivity index (χ3n) is 6.42. The number of hydrogen-bond acceptors (Lipinski definition) is 4. The number of benzene rings is 3. The molecule has 0 aliphatic carbocycles. The maximum Gasteiger partial charge on any atom is 0.428 e. The van der Waals surface area contributed by atoms with Gasteiger partial charge in [0.1, 0.15) is 5.75 Å². The molecule has 3 aromatic carbocycles. The maximum atomic E-state index is 12.5. The van der Waals surface area contributed by atoms with Crippen molar-refractivity contribution in [3.8, 4) is 22.6 Å². The summed E-state index contributed by atoms with van der Waals surface area (Å²) in [4.78, 5) is 12.5. The zero-order valence-corrected chi connectivity index (χ0v) is 22.8. The minimum Gasteiger partial charge on any atom is -0.410 e. The van der Waals surface area contributed by atoms with Gasteiger partial charge in [0.2, 0.25) is 0 Å². The number of ether oxygens (including phenoxy) is 1. The molecule has 1 unspecified atom stereocenters. The Morgan fingerprint density at radius 2 is 1.66 bits per heavy atom. The van der Waals surface area contributed by atoms with Gasteiger partial charge in [-0.15, -0.1) is 0 Å². The molecule has 0 saturated heterocycles. The topological polar surface area (TPSA) is 84.7 Å². The van der Waals surface area contributed by atoms with Gasteiger partial charge in [-0.1, -0.05) is 73.5 Å². The highest BCUT2D eigenvalue weighted by molar-refractivity contribution is 7.77. The number of amides is 1. The van der Waals surface area contributed by atoms with Crippen LogP contribution in [-0.4, -0.2) is 35.5 Å². The fourth-order valence-electron chi connectivity index (χ4n) is 4.34. The van der Waals surface area contributed by atoms with Crippen molar-refractivity contribution in [2.45, 2.75) is 46.5 Å². The molecule has 0 saturated carbocycles. The van der Waals surface area contributed by atoms with Crippen LogP contribution in [0.25, 0.3) is 16.8 Å². The number of nitrogens with zero attached hydrogens (tertiary/aromatic N) is 3. The number of aryl methyl sites for hydroxylation is 2. The lowest BCUT2D eigenvalue weighted by Crippen LogP contribution is -2.36. The van der Waals surface area contributed by atoms with Gasteiger partial charge in [-0.05, 0) is 68.5 Å². The Bertz CT molecular complexity index is 1380. The fraction of sp³-hybridized carbons (Fsp3) is 0.267. The maximum absolute atomic E-state index is 12.5. The van der Waals surface area contributed by atoms with Gasteiger partial charge in [-0.25, -0.2) is 18.0 Å². The quantitative estimate of drug-likeness (QED) is 0.231. The van der Waals surface area contributed by atoms with Crippen LogP contribution in [0.1, 0.15) is 42.3 Å². The molecule has 8 heteroatoms. The van der Waals surface area contributed by atoms with E-state index in [0.29, 0.717) is 12.2 Å². The summed E-state index contributed by atoms with van der Waals surface area (Å²) >= 11 is -2.50. The molecule has 1 atom stereocenters. The van der Waals surface area contributed by atoms with E-state index in [0.717, 1.165) is 57.3 Å². The molecule has 0 aliphatic rings. The smallest absolute Gasteiger partial charge is 0.410 e. The van der Waals surface area contributed by atoms with E-state index in [9.17, 15) is 13.6 Å². The van der Waals surface area contributed by atoms with Crippen molar-refractivity contribution in [2.24, 2.45) is 0 Å². The van der Waals surface area contributed by atoms with Gasteiger partial charge in [-0.2, -0.15) is 5.10 Å². The van der Waals surface area contributed by atoms with Crippen LogP contribution in [-0.2, 0) is 24.1 Å². The van der Waals surface area contributed by atoms with Crippen molar-refractivity contribution < 1.29 is 18.3 Å². The largest absolute Gasteiger partial charge is 0.428 e. The second-order valence-electron chi connectivity index (χ2n) is 9.22. The third kappa shape index (κ3) is 6.57. The summed E-state index contributed by atoms with van der Waals surface area (Å²) in [5.41, 5.74) is 7.39. The Labute approximate surface area is 226 Å². The van der Waals surface area contributed by atoms with E-state index < -0.39 is 17.4 Å². The molecular formula is C30H33N3O4S. The molecule has 0 radical (unpaired) electrons. The zero-order valence-electron chi connectivity index (χ0n) is 22.0. The molecule has 38 heavy (non-hydrogen) atoms. The summed E-state index contributed by atoms with van der Waals surface area (Å²) < 4.78 is 29.6. The van der Waals surface area contributed by atoms with Crippen molar-refractivity contribution in [3.05, 3.63) is 101 Å². The van der Waals surface area contributed by atoms with E-state index in [1.807, 2.05) is 54.1 Å². The highest BCUT2D eigenvalue weighted by atomic mass is 32.2. The number of carbonyl (C=O) groups excluding carboxylic acids is 1. The predicted octanol–water partition coefficient (Wildman–Crippen LogP) is 6.68.